The van der Waals surface area contributed by atoms with Gasteiger partial charge in [-0.05, 0) is 41.7 Å². The van der Waals surface area contributed by atoms with E-state index in [2.05, 4.69) is 10.3 Å². The lowest BCUT2D eigenvalue weighted by atomic mass is 9.83. The highest BCUT2D eigenvalue weighted by molar-refractivity contribution is 7.92. The Labute approximate surface area is 184 Å². The van der Waals surface area contributed by atoms with Crippen molar-refractivity contribution in [3.05, 3.63) is 58.7 Å². The van der Waals surface area contributed by atoms with E-state index in [-0.39, 0.29) is 16.8 Å². The first kappa shape index (κ1) is 25.6. The van der Waals surface area contributed by atoms with E-state index in [0.29, 0.717) is 5.56 Å². The van der Waals surface area contributed by atoms with E-state index in [0.717, 1.165) is 18.5 Å². The lowest BCUT2D eigenvalue weighted by Crippen LogP contribution is -2.31. The molecule has 0 aliphatic heterocycles. The number of anilines is 1. The lowest BCUT2D eigenvalue weighted by molar-refractivity contribution is -0.142. The van der Waals surface area contributed by atoms with Gasteiger partial charge in [0.2, 0.25) is 15.9 Å². The molecule has 32 heavy (non-hydrogen) atoms. The summed E-state index contributed by atoms with van der Waals surface area (Å²) in [5.41, 5.74) is -1.47. The van der Waals surface area contributed by atoms with Crippen molar-refractivity contribution in [2.75, 3.05) is 11.0 Å². The van der Waals surface area contributed by atoms with Crippen molar-refractivity contribution in [3.63, 3.8) is 0 Å². The molecule has 1 aromatic heterocycles. The molecule has 0 fully saturated rings. The van der Waals surface area contributed by atoms with Crippen LogP contribution in [0.4, 0.5) is 23.2 Å². The predicted molar refractivity (Wildman–Crippen MR) is 113 cm³/mol. The van der Waals surface area contributed by atoms with Crippen molar-refractivity contribution in [2.45, 2.75) is 51.7 Å². The molecule has 1 unspecified atom stereocenters. The van der Waals surface area contributed by atoms with Crippen molar-refractivity contribution in [2.24, 2.45) is 0 Å². The van der Waals surface area contributed by atoms with Gasteiger partial charge in [0.15, 0.2) is 0 Å². The standard InChI is InChI=1S/C21H25F4N3O3S/c1-12(13-6-7-17(16(22)10-13)28-32(5,30)31)19(29)27-11-14-15(20(2,3)4)8-9-26-18(14)21(23,24)25/h6-10,12,28H,11H2,1-5H3,(H,27,29). The minimum Gasteiger partial charge on any atom is -0.351 e. The Kier molecular flexibility index (Phi) is 7.23. The summed E-state index contributed by atoms with van der Waals surface area (Å²) in [7, 11) is -3.69. The normalized spacial score (nSPS) is 13.5. The Morgan fingerprint density at radius 2 is 1.78 bits per heavy atom. The number of carbonyl (C=O) groups excluding carboxylic acids is 1. The fourth-order valence-corrected chi connectivity index (χ4v) is 3.75. The molecule has 0 bridgehead atoms. The van der Waals surface area contributed by atoms with Crippen molar-refractivity contribution in [1.82, 2.24) is 10.3 Å². The van der Waals surface area contributed by atoms with Gasteiger partial charge in [-0.3, -0.25) is 14.5 Å². The monoisotopic (exact) mass is 475 g/mol. The Balaban J connectivity index is 2.27. The summed E-state index contributed by atoms with van der Waals surface area (Å²) in [5, 5.41) is 2.48. The fraction of sp³-hybridized carbons (Fsp3) is 0.429. The SMILES string of the molecule is CC(C(=O)NCc1c(C(C)(C)C)ccnc1C(F)(F)F)c1ccc(NS(C)(=O)=O)c(F)c1. The summed E-state index contributed by atoms with van der Waals surface area (Å²) < 4.78 is 79.3. The van der Waals surface area contributed by atoms with Crippen LogP contribution < -0.4 is 10.0 Å². The number of nitrogens with zero attached hydrogens (tertiary/aromatic N) is 1. The fourth-order valence-electron chi connectivity index (χ4n) is 3.18. The number of pyridine rings is 1. The molecule has 0 aliphatic carbocycles. The molecular formula is C21H25F4N3O3S. The molecular weight excluding hydrogens is 450 g/mol. The average molecular weight is 476 g/mol. The zero-order chi connectivity index (χ0) is 24.5. The maximum absolute atomic E-state index is 14.2. The molecule has 0 spiro atoms. The van der Waals surface area contributed by atoms with Crippen LogP contribution in [0, 0.1) is 5.82 Å². The lowest BCUT2D eigenvalue weighted by Gasteiger charge is -2.25. The zero-order valence-corrected chi connectivity index (χ0v) is 19.1. The van der Waals surface area contributed by atoms with E-state index in [4.69, 9.17) is 0 Å². The highest BCUT2D eigenvalue weighted by atomic mass is 32.2. The number of alkyl halides is 3. The number of aromatic nitrogens is 1. The van der Waals surface area contributed by atoms with Gasteiger partial charge in [0.25, 0.3) is 0 Å². The van der Waals surface area contributed by atoms with E-state index >= 15 is 0 Å². The topological polar surface area (TPSA) is 88.2 Å². The van der Waals surface area contributed by atoms with Crippen molar-refractivity contribution in [1.29, 1.82) is 0 Å². The van der Waals surface area contributed by atoms with Crippen LogP contribution in [0.2, 0.25) is 0 Å². The number of sulfonamides is 1. The Morgan fingerprint density at radius 3 is 2.28 bits per heavy atom. The second-order valence-corrected chi connectivity index (χ2v) is 10.2. The molecule has 11 heteroatoms. The third-order valence-corrected chi connectivity index (χ3v) is 5.34. The van der Waals surface area contributed by atoms with Crippen molar-refractivity contribution >= 4 is 21.6 Å². The highest BCUT2D eigenvalue weighted by Crippen LogP contribution is 2.35. The second kappa shape index (κ2) is 9.05. The molecule has 1 aromatic carbocycles. The first-order valence-electron chi connectivity index (χ1n) is 9.61. The smallest absolute Gasteiger partial charge is 0.351 e. The molecule has 1 atom stereocenters. The molecule has 0 saturated heterocycles. The maximum atomic E-state index is 14.2. The van der Waals surface area contributed by atoms with E-state index in [9.17, 15) is 30.8 Å². The molecule has 2 N–H and O–H groups in total. The quantitative estimate of drug-likeness (QED) is 0.609. The van der Waals surface area contributed by atoms with Crippen LogP contribution in [-0.2, 0) is 33.0 Å². The average Bonchev–Trinajstić information content (AvgIpc) is 2.64. The van der Waals surface area contributed by atoms with Gasteiger partial charge >= 0.3 is 6.18 Å². The molecule has 176 valence electrons. The summed E-state index contributed by atoms with van der Waals surface area (Å²) in [5.74, 6) is -2.40. The molecule has 2 rings (SSSR count). The molecule has 0 saturated carbocycles. The molecule has 0 aliphatic rings. The van der Waals surface area contributed by atoms with Crippen LogP contribution in [0.1, 0.15) is 56.0 Å². The number of benzene rings is 1. The summed E-state index contributed by atoms with van der Waals surface area (Å²) in [4.78, 5) is 16.1. The van der Waals surface area contributed by atoms with Gasteiger partial charge < -0.3 is 5.32 Å². The zero-order valence-electron chi connectivity index (χ0n) is 18.3. The van der Waals surface area contributed by atoms with Gasteiger partial charge in [0.05, 0.1) is 17.9 Å². The van der Waals surface area contributed by atoms with E-state index in [1.807, 2.05) is 4.72 Å². The van der Waals surface area contributed by atoms with Gasteiger partial charge in [-0.2, -0.15) is 13.2 Å². The molecule has 2 aromatic rings. The van der Waals surface area contributed by atoms with Gasteiger partial charge in [-0.1, -0.05) is 26.8 Å². The van der Waals surface area contributed by atoms with Crippen LogP contribution in [-0.4, -0.2) is 25.6 Å². The van der Waals surface area contributed by atoms with Crippen LogP contribution in [0.5, 0.6) is 0 Å². The Morgan fingerprint density at radius 1 is 1.16 bits per heavy atom. The second-order valence-electron chi connectivity index (χ2n) is 8.49. The minimum atomic E-state index is -4.70. The van der Waals surface area contributed by atoms with E-state index < -0.39 is 51.5 Å². The number of halogens is 4. The van der Waals surface area contributed by atoms with Gasteiger partial charge in [0, 0.05) is 18.3 Å². The Bertz CT molecular complexity index is 1080. The van der Waals surface area contributed by atoms with Crippen molar-refractivity contribution in [3.8, 4) is 0 Å². The number of amides is 1. The van der Waals surface area contributed by atoms with Crippen LogP contribution in [0.3, 0.4) is 0 Å². The summed E-state index contributed by atoms with van der Waals surface area (Å²) in [6.45, 7) is 6.32. The first-order chi connectivity index (χ1) is 14.5. The molecule has 0 radical (unpaired) electrons. The number of hydrogen-bond acceptors (Lipinski definition) is 4. The van der Waals surface area contributed by atoms with Gasteiger partial charge in [-0.25, -0.2) is 12.8 Å². The molecule has 1 amide bonds. The van der Waals surface area contributed by atoms with E-state index in [1.54, 1.807) is 20.8 Å². The molecule has 6 nitrogen and oxygen atoms in total. The van der Waals surface area contributed by atoms with Crippen LogP contribution >= 0.6 is 0 Å². The van der Waals surface area contributed by atoms with Crippen molar-refractivity contribution < 1.29 is 30.8 Å². The number of hydrogen-bond donors (Lipinski definition) is 2. The largest absolute Gasteiger partial charge is 0.433 e. The highest BCUT2D eigenvalue weighted by Gasteiger charge is 2.37. The number of carbonyl (C=O) groups is 1. The molecule has 1 heterocycles. The third-order valence-electron chi connectivity index (χ3n) is 4.75. The predicted octanol–water partition coefficient (Wildman–Crippen LogP) is 4.33. The maximum Gasteiger partial charge on any atom is 0.433 e. The van der Waals surface area contributed by atoms with E-state index in [1.165, 1.54) is 25.1 Å². The first-order valence-corrected chi connectivity index (χ1v) is 11.5. The van der Waals surface area contributed by atoms with Gasteiger partial charge in [0.1, 0.15) is 11.5 Å². The summed E-state index contributed by atoms with van der Waals surface area (Å²) in [6.07, 6.45) is -2.74. The summed E-state index contributed by atoms with van der Waals surface area (Å²) in [6, 6.07) is 5.04. The van der Waals surface area contributed by atoms with Gasteiger partial charge in [-0.15, -0.1) is 0 Å². The number of nitrogens with one attached hydrogen (secondary N) is 2. The summed E-state index contributed by atoms with van der Waals surface area (Å²) >= 11 is 0. The number of rotatable bonds is 6. The minimum absolute atomic E-state index is 0.132. The van der Waals surface area contributed by atoms with Crippen LogP contribution in [0.15, 0.2) is 30.5 Å². The van der Waals surface area contributed by atoms with Crippen LogP contribution in [0.25, 0.3) is 0 Å². The Hall–Kier alpha value is -2.69. The third kappa shape index (κ3) is 6.41.